The van der Waals surface area contributed by atoms with E-state index in [-0.39, 0.29) is 36.6 Å². The van der Waals surface area contributed by atoms with Crippen molar-refractivity contribution >= 4 is 29.9 Å². The quantitative estimate of drug-likeness (QED) is 0.248. The molecule has 0 aliphatic carbocycles. The summed E-state index contributed by atoms with van der Waals surface area (Å²) in [5.41, 5.74) is 0.0273. The summed E-state index contributed by atoms with van der Waals surface area (Å²) in [6.07, 6.45) is 1.55. The van der Waals surface area contributed by atoms with Gasteiger partial charge in [-0.15, -0.1) is 24.0 Å². The molecular weight excluding hydrogens is 523 g/mol. The molecule has 2 atom stereocenters. The van der Waals surface area contributed by atoms with E-state index in [1.807, 2.05) is 19.1 Å². The highest BCUT2D eigenvalue weighted by atomic mass is 127. The minimum Gasteiger partial charge on any atom is -0.497 e. The van der Waals surface area contributed by atoms with E-state index >= 15 is 0 Å². The third-order valence-electron chi connectivity index (χ3n) is 5.39. The molecule has 0 spiro atoms. The normalized spacial score (nSPS) is 17.7. The zero-order chi connectivity index (χ0) is 22.1. The summed E-state index contributed by atoms with van der Waals surface area (Å²) in [6, 6.07) is 11.9. The predicted octanol–water partition coefficient (Wildman–Crippen LogP) is 2.74. The maximum absolute atomic E-state index is 10.7. The van der Waals surface area contributed by atoms with Gasteiger partial charge in [0.05, 0.1) is 39.2 Å². The standard InChI is InChI=1S/C23H34N4O4.HI/c1-4-24-22(26-17-23(2,28)21-6-5-13-31-21)25-16-20(27-11-14-30-15-12-27)18-7-9-19(29-3)10-8-18;/h5-10,13,20,28H,4,11-12,14-17H2,1-3H3,(H2,24,25,26);1H. The van der Waals surface area contributed by atoms with Gasteiger partial charge in [-0.1, -0.05) is 12.1 Å². The molecule has 3 rings (SSSR count). The number of hydrogen-bond acceptors (Lipinski definition) is 6. The van der Waals surface area contributed by atoms with E-state index < -0.39 is 5.60 Å². The molecule has 32 heavy (non-hydrogen) atoms. The lowest BCUT2D eigenvalue weighted by Crippen LogP contribution is -2.46. The number of morpholine rings is 1. The third-order valence-corrected chi connectivity index (χ3v) is 5.39. The van der Waals surface area contributed by atoms with Crippen molar-refractivity contribution in [1.82, 2.24) is 15.5 Å². The van der Waals surface area contributed by atoms with E-state index in [9.17, 15) is 5.11 Å². The maximum atomic E-state index is 10.7. The number of benzene rings is 1. The molecule has 9 heteroatoms. The SMILES string of the molecule is CCNC(=NCC(C)(O)c1ccco1)NCC(c1ccc(OC)cc1)N1CCOCC1.I. The van der Waals surface area contributed by atoms with Gasteiger partial charge in [0.25, 0.3) is 0 Å². The third kappa shape index (κ3) is 7.36. The van der Waals surface area contributed by atoms with Crippen LogP contribution in [0.5, 0.6) is 5.75 Å². The Kier molecular flexibility index (Phi) is 10.8. The molecule has 0 radical (unpaired) electrons. The molecule has 8 nitrogen and oxygen atoms in total. The number of guanidine groups is 1. The van der Waals surface area contributed by atoms with Gasteiger partial charge in [-0.2, -0.15) is 0 Å². The first-order chi connectivity index (χ1) is 15.0. The number of hydrogen-bond donors (Lipinski definition) is 3. The number of ether oxygens (including phenoxy) is 2. The maximum Gasteiger partial charge on any atom is 0.191 e. The van der Waals surface area contributed by atoms with Crippen LogP contribution in [0.3, 0.4) is 0 Å². The fourth-order valence-electron chi connectivity index (χ4n) is 3.60. The second-order valence-electron chi connectivity index (χ2n) is 7.76. The smallest absolute Gasteiger partial charge is 0.191 e. The van der Waals surface area contributed by atoms with Crippen molar-refractivity contribution in [3.63, 3.8) is 0 Å². The second-order valence-corrected chi connectivity index (χ2v) is 7.76. The first-order valence-electron chi connectivity index (χ1n) is 10.8. The van der Waals surface area contributed by atoms with Gasteiger partial charge in [0.2, 0.25) is 0 Å². The Morgan fingerprint density at radius 2 is 1.94 bits per heavy atom. The van der Waals surface area contributed by atoms with Gasteiger partial charge in [-0.3, -0.25) is 4.90 Å². The van der Waals surface area contributed by atoms with Crippen molar-refractivity contribution in [3.05, 3.63) is 54.0 Å². The van der Waals surface area contributed by atoms with E-state index in [1.54, 1.807) is 32.4 Å². The van der Waals surface area contributed by atoms with Crippen LogP contribution in [0.2, 0.25) is 0 Å². The van der Waals surface area contributed by atoms with Gasteiger partial charge in [0.15, 0.2) is 5.96 Å². The minimum atomic E-state index is -1.18. The lowest BCUT2D eigenvalue weighted by atomic mass is 10.0. The predicted molar refractivity (Wildman–Crippen MR) is 136 cm³/mol. The molecule has 3 N–H and O–H groups in total. The van der Waals surface area contributed by atoms with Crippen LogP contribution in [-0.4, -0.2) is 69.0 Å². The molecule has 1 aliphatic rings. The van der Waals surface area contributed by atoms with Crippen molar-refractivity contribution in [3.8, 4) is 5.75 Å². The van der Waals surface area contributed by atoms with Crippen molar-refractivity contribution in [2.75, 3.05) is 53.0 Å². The molecule has 2 heterocycles. The molecule has 2 unspecified atom stereocenters. The van der Waals surface area contributed by atoms with Crippen LogP contribution in [0.1, 0.15) is 31.2 Å². The molecule has 178 valence electrons. The Bertz CT molecular complexity index is 806. The molecule has 1 saturated heterocycles. The van der Waals surface area contributed by atoms with Crippen LogP contribution in [-0.2, 0) is 10.3 Å². The number of halogens is 1. The largest absolute Gasteiger partial charge is 0.497 e. The zero-order valence-electron chi connectivity index (χ0n) is 19.0. The first kappa shape index (κ1) is 26.4. The van der Waals surface area contributed by atoms with Crippen molar-refractivity contribution in [2.45, 2.75) is 25.5 Å². The van der Waals surface area contributed by atoms with Crippen LogP contribution >= 0.6 is 24.0 Å². The molecule has 1 aromatic carbocycles. The Balaban J connectivity index is 0.00000363. The van der Waals surface area contributed by atoms with E-state index in [0.717, 1.165) is 38.6 Å². The van der Waals surface area contributed by atoms with Gasteiger partial charge < -0.3 is 29.6 Å². The number of rotatable bonds is 9. The van der Waals surface area contributed by atoms with Crippen LogP contribution in [0.25, 0.3) is 0 Å². The second kappa shape index (κ2) is 13.0. The van der Waals surface area contributed by atoms with Crippen LogP contribution < -0.4 is 15.4 Å². The monoisotopic (exact) mass is 558 g/mol. The molecule has 1 fully saturated rings. The van der Waals surface area contributed by atoms with Gasteiger partial charge in [0, 0.05) is 26.2 Å². The molecular formula is C23H35IN4O4. The number of aliphatic hydroxyl groups is 1. The van der Waals surface area contributed by atoms with Crippen molar-refractivity contribution in [1.29, 1.82) is 0 Å². The van der Waals surface area contributed by atoms with E-state index in [0.29, 0.717) is 18.3 Å². The molecule has 1 aromatic heterocycles. The number of nitrogens with one attached hydrogen (secondary N) is 2. The summed E-state index contributed by atoms with van der Waals surface area (Å²) < 4.78 is 16.2. The highest BCUT2D eigenvalue weighted by Crippen LogP contribution is 2.24. The number of furan rings is 1. The molecule has 2 aromatic rings. The van der Waals surface area contributed by atoms with Crippen LogP contribution in [0.15, 0.2) is 52.1 Å². The topological polar surface area (TPSA) is 91.5 Å². The van der Waals surface area contributed by atoms with Gasteiger partial charge in [-0.25, -0.2) is 4.99 Å². The molecule has 0 amide bonds. The summed E-state index contributed by atoms with van der Waals surface area (Å²) in [5, 5.41) is 17.4. The first-order valence-corrected chi connectivity index (χ1v) is 10.8. The Hall–Kier alpha value is -1.82. The Labute approximate surface area is 207 Å². The highest BCUT2D eigenvalue weighted by Gasteiger charge is 2.27. The lowest BCUT2D eigenvalue weighted by molar-refractivity contribution is 0.0169. The van der Waals surface area contributed by atoms with Crippen molar-refractivity contribution in [2.24, 2.45) is 4.99 Å². The van der Waals surface area contributed by atoms with Crippen molar-refractivity contribution < 1.29 is 19.0 Å². The number of methoxy groups -OCH3 is 1. The molecule has 0 bridgehead atoms. The summed E-state index contributed by atoms with van der Waals surface area (Å²) in [7, 11) is 1.67. The summed E-state index contributed by atoms with van der Waals surface area (Å²) in [4.78, 5) is 7.02. The summed E-state index contributed by atoms with van der Waals surface area (Å²) in [6.45, 7) is 8.50. The Morgan fingerprint density at radius 3 is 2.53 bits per heavy atom. The summed E-state index contributed by atoms with van der Waals surface area (Å²) >= 11 is 0. The van der Waals surface area contributed by atoms with E-state index in [1.165, 1.54) is 5.56 Å². The molecule has 0 saturated carbocycles. The lowest BCUT2D eigenvalue weighted by Gasteiger charge is -2.35. The van der Waals surface area contributed by atoms with Crippen LogP contribution in [0.4, 0.5) is 0 Å². The molecule has 1 aliphatic heterocycles. The Morgan fingerprint density at radius 1 is 1.22 bits per heavy atom. The average molecular weight is 558 g/mol. The van der Waals surface area contributed by atoms with Gasteiger partial charge in [0.1, 0.15) is 17.1 Å². The highest BCUT2D eigenvalue weighted by molar-refractivity contribution is 14.0. The van der Waals surface area contributed by atoms with Crippen LogP contribution in [0, 0.1) is 0 Å². The fraction of sp³-hybridized carbons (Fsp3) is 0.522. The average Bonchev–Trinajstić information content (AvgIpc) is 3.35. The summed E-state index contributed by atoms with van der Waals surface area (Å²) in [5.74, 6) is 1.99. The number of aliphatic imine (C=N–C) groups is 1. The zero-order valence-corrected chi connectivity index (χ0v) is 21.4. The van der Waals surface area contributed by atoms with E-state index in [4.69, 9.17) is 13.9 Å². The minimum absolute atomic E-state index is 0. The fourth-order valence-corrected chi connectivity index (χ4v) is 3.60. The van der Waals surface area contributed by atoms with Gasteiger partial charge in [-0.05, 0) is 43.7 Å². The van der Waals surface area contributed by atoms with E-state index in [2.05, 4.69) is 32.7 Å². The van der Waals surface area contributed by atoms with Gasteiger partial charge >= 0.3 is 0 Å². The number of nitrogens with zero attached hydrogens (tertiary/aromatic N) is 2.